The van der Waals surface area contributed by atoms with Crippen LogP contribution in [0.4, 0.5) is 0 Å². The van der Waals surface area contributed by atoms with E-state index in [9.17, 15) is 4.79 Å². The largest absolute Gasteiger partial charge is 0.343 e. The number of carbonyl (C=O) groups excluding carboxylic acids is 1. The smallest absolute Gasteiger partial charge is 0.268 e. The molecule has 11 heavy (non-hydrogen) atoms. The fourth-order valence-corrected chi connectivity index (χ4v) is 1.84. The highest BCUT2D eigenvalue weighted by atomic mass is 35.5. The molecule has 0 fully saturated rings. The van der Waals surface area contributed by atoms with Crippen molar-refractivity contribution in [2.75, 3.05) is 0 Å². The molecule has 2 heterocycles. The van der Waals surface area contributed by atoms with Gasteiger partial charge in [0.1, 0.15) is 10.5 Å². The van der Waals surface area contributed by atoms with Crippen molar-refractivity contribution in [2.24, 2.45) is 0 Å². The molecule has 0 bridgehead atoms. The van der Waals surface area contributed by atoms with Crippen molar-refractivity contribution in [3.05, 3.63) is 23.2 Å². The van der Waals surface area contributed by atoms with Gasteiger partial charge in [-0.2, -0.15) is 0 Å². The summed E-state index contributed by atoms with van der Waals surface area (Å²) < 4.78 is 0. The van der Waals surface area contributed by atoms with Crippen LogP contribution in [0.15, 0.2) is 17.5 Å². The average molecular weight is 186 g/mol. The lowest BCUT2D eigenvalue weighted by Gasteiger charge is -1.81. The highest BCUT2D eigenvalue weighted by Gasteiger charge is 2.05. The molecule has 2 nitrogen and oxygen atoms in total. The van der Waals surface area contributed by atoms with Gasteiger partial charge in [-0.25, -0.2) is 0 Å². The van der Waals surface area contributed by atoms with Crippen molar-refractivity contribution in [2.45, 2.75) is 0 Å². The van der Waals surface area contributed by atoms with Crippen LogP contribution in [0.3, 0.4) is 0 Å². The van der Waals surface area contributed by atoms with Crippen LogP contribution in [0.5, 0.6) is 0 Å². The van der Waals surface area contributed by atoms with Gasteiger partial charge in [0.05, 0.1) is 0 Å². The third-order valence-corrected chi connectivity index (χ3v) is 2.50. The molecule has 2 aromatic rings. The number of H-pyrrole nitrogens is 1. The lowest BCUT2D eigenvalue weighted by molar-refractivity contribution is 0.107. The van der Waals surface area contributed by atoms with Gasteiger partial charge in [-0.3, -0.25) is 4.79 Å². The molecule has 0 unspecified atom stereocenters. The zero-order chi connectivity index (χ0) is 7.84. The minimum absolute atomic E-state index is 0.437. The highest BCUT2D eigenvalue weighted by molar-refractivity contribution is 7.16. The quantitative estimate of drug-likeness (QED) is 0.681. The van der Waals surface area contributed by atoms with Crippen LogP contribution in [-0.4, -0.2) is 10.2 Å². The molecular weight excluding hydrogens is 182 g/mol. The van der Waals surface area contributed by atoms with Crippen LogP contribution >= 0.6 is 22.9 Å². The second-order valence-electron chi connectivity index (χ2n) is 2.16. The summed E-state index contributed by atoms with van der Waals surface area (Å²) in [6, 6.07) is 3.70. The van der Waals surface area contributed by atoms with Gasteiger partial charge < -0.3 is 4.98 Å². The Kier molecular flexibility index (Phi) is 1.47. The van der Waals surface area contributed by atoms with E-state index in [1.54, 1.807) is 17.4 Å². The Bertz CT molecular complexity index is 375. The topological polar surface area (TPSA) is 32.9 Å². The van der Waals surface area contributed by atoms with Crippen LogP contribution in [0.2, 0.25) is 0 Å². The third kappa shape index (κ3) is 1.06. The lowest BCUT2D eigenvalue weighted by Crippen LogP contribution is -1.85. The SMILES string of the molecule is O=C(Cl)c1cc2ccsc2[nH]1. The number of halogens is 1. The van der Waals surface area contributed by atoms with E-state index in [2.05, 4.69) is 4.98 Å². The van der Waals surface area contributed by atoms with E-state index in [-0.39, 0.29) is 0 Å². The summed E-state index contributed by atoms with van der Waals surface area (Å²) in [4.78, 5) is 14.6. The molecule has 2 rings (SSSR count). The molecule has 0 aliphatic carbocycles. The predicted octanol–water partition coefficient (Wildman–Crippen LogP) is 2.61. The van der Waals surface area contributed by atoms with Crippen LogP contribution in [0, 0.1) is 0 Å². The number of fused-ring (bicyclic) bond motifs is 1. The van der Waals surface area contributed by atoms with Gasteiger partial charge in [0.15, 0.2) is 0 Å². The fraction of sp³-hybridized carbons (Fsp3) is 0. The van der Waals surface area contributed by atoms with E-state index in [0.29, 0.717) is 5.69 Å². The molecule has 0 aliphatic rings. The van der Waals surface area contributed by atoms with Gasteiger partial charge >= 0.3 is 0 Å². The average Bonchev–Trinajstić information content (AvgIpc) is 2.40. The molecule has 1 N–H and O–H groups in total. The molecular formula is C7H4ClNOS. The summed E-state index contributed by atoms with van der Waals surface area (Å²) >= 11 is 6.83. The number of thiophene rings is 1. The number of nitrogens with one attached hydrogen (secondary N) is 1. The minimum atomic E-state index is -0.437. The van der Waals surface area contributed by atoms with E-state index in [4.69, 9.17) is 11.6 Å². The van der Waals surface area contributed by atoms with E-state index in [1.807, 2.05) is 11.4 Å². The molecule has 0 atom stereocenters. The minimum Gasteiger partial charge on any atom is -0.343 e. The Hall–Kier alpha value is -0.800. The maximum absolute atomic E-state index is 10.7. The van der Waals surface area contributed by atoms with E-state index in [0.717, 1.165) is 10.2 Å². The molecule has 56 valence electrons. The first-order valence-electron chi connectivity index (χ1n) is 3.03. The Balaban J connectivity index is 2.67. The summed E-state index contributed by atoms with van der Waals surface area (Å²) in [5.74, 6) is 0. The molecule has 0 saturated heterocycles. The molecule has 0 spiro atoms. The van der Waals surface area contributed by atoms with E-state index >= 15 is 0 Å². The van der Waals surface area contributed by atoms with Gasteiger partial charge in [-0.15, -0.1) is 11.3 Å². The second kappa shape index (κ2) is 2.36. The lowest BCUT2D eigenvalue weighted by atomic mass is 10.4. The standard InChI is InChI=1S/C7H4ClNOS/c8-6(10)5-3-4-1-2-11-7(4)9-5/h1-3,9H. The van der Waals surface area contributed by atoms with Gasteiger partial charge in [0.25, 0.3) is 5.24 Å². The van der Waals surface area contributed by atoms with Gasteiger partial charge in [0, 0.05) is 5.39 Å². The monoisotopic (exact) mass is 185 g/mol. The maximum atomic E-state index is 10.7. The Labute approximate surface area is 71.8 Å². The van der Waals surface area contributed by atoms with Crippen LogP contribution in [0.25, 0.3) is 10.2 Å². The molecule has 0 radical (unpaired) electrons. The van der Waals surface area contributed by atoms with Gasteiger partial charge in [-0.1, -0.05) is 0 Å². The van der Waals surface area contributed by atoms with Gasteiger partial charge in [-0.05, 0) is 29.1 Å². The van der Waals surface area contributed by atoms with Crippen molar-refractivity contribution < 1.29 is 4.79 Å². The summed E-state index contributed by atoms with van der Waals surface area (Å²) in [7, 11) is 0. The second-order valence-corrected chi connectivity index (χ2v) is 3.42. The van der Waals surface area contributed by atoms with E-state index in [1.165, 1.54) is 0 Å². The Morgan fingerprint density at radius 3 is 3.09 bits per heavy atom. The zero-order valence-electron chi connectivity index (χ0n) is 5.43. The Morgan fingerprint density at radius 2 is 2.45 bits per heavy atom. The number of hydrogen-bond acceptors (Lipinski definition) is 2. The third-order valence-electron chi connectivity index (χ3n) is 1.46. The number of carbonyl (C=O) groups is 1. The van der Waals surface area contributed by atoms with Crippen molar-refractivity contribution >= 4 is 38.4 Å². The number of aromatic nitrogens is 1. The molecule has 0 aromatic carbocycles. The molecule has 0 saturated carbocycles. The van der Waals surface area contributed by atoms with Crippen LogP contribution < -0.4 is 0 Å². The summed E-state index contributed by atoms with van der Waals surface area (Å²) in [6.45, 7) is 0. The number of hydrogen-bond donors (Lipinski definition) is 1. The van der Waals surface area contributed by atoms with Gasteiger partial charge in [0.2, 0.25) is 0 Å². The molecule has 0 aliphatic heterocycles. The number of rotatable bonds is 1. The van der Waals surface area contributed by atoms with Crippen molar-refractivity contribution in [1.29, 1.82) is 0 Å². The predicted molar refractivity (Wildman–Crippen MR) is 46.4 cm³/mol. The molecule has 2 aromatic heterocycles. The van der Waals surface area contributed by atoms with Crippen molar-refractivity contribution in [3.63, 3.8) is 0 Å². The molecule has 0 amide bonds. The highest BCUT2D eigenvalue weighted by Crippen LogP contribution is 2.21. The fourth-order valence-electron chi connectivity index (χ4n) is 0.954. The summed E-state index contributed by atoms with van der Waals surface area (Å²) in [5.41, 5.74) is 0.466. The first kappa shape index (κ1) is 6.88. The van der Waals surface area contributed by atoms with Crippen LogP contribution in [-0.2, 0) is 0 Å². The van der Waals surface area contributed by atoms with Crippen molar-refractivity contribution in [3.8, 4) is 0 Å². The normalized spacial score (nSPS) is 10.6. The summed E-state index contributed by atoms with van der Waals surface area (Å²) in [6.07, 6.45) is 0. The first-order valence-corrected chi connectivity index (χ1v) is 4.29. The molecule has 4 heteroatoms. The first-order chi connectivity index (χ1) is 5.27. The van der Waals surface area contributed by atoms with Crippen molar-refractivity contribution in [1.82, 2.24) is 4.98 Å². The van der Waals surface area contributed by atoms with E-state index < -0.39 is 5.24 Å². The summed E-state index contributed by atoms with van der Waals surface area (Å²) in [5, 5.41) is 2.57. The maximum Gasteiger partial charge on any atom is 0.268 e. The Morgan fingerprint density at radius 1 is 1.64 bits per heavy atom. The number of aromatic amines is 1. The zero-order valence-corrected chi connectivity index (χ0v) is 7.00. The van der Waals surface area contributed by atoms with Crippen LogP contribution in [0.1, 0.15) is 10.5 Å².